The van der Waals surface area contributed by atoms with E-state index in [-0.39, 0.29) is 24.0 Å². The number of aryl methyl sites for hydroxylation is 1. The fourth-order valence-electron chi connectivity index (χ4n) is 3.47. The summed E-state index contributed by atoms with van der Waals surface area (Å²) in [6.45, 7) is 3.36. The maximum atomic E-state index is 5.51. The molecular weight excluding hydrogens is 507 g/mol. The van der Waals surface area contributed by atoms with Gasteiger partial charge in [-0.05, 0) is 30.5 Å². The summed E-state index contributed by atoms with van der Waals surface area (Å²) in [5, 5.41) is 7.96. The van der Waals surface area contributed by atoms with Gasteiger partial charge in [0.25, 0.3) is 0 Å². The molecule has 1 aromatic heterocycles. The van der Waals surface area contributed by atoms with Crippen LogP contribution < -0.4 is 24.8 Å². The van der Waals surface area contributed by atoms with E-state index in [1.807, 2.05) is 12.1 Å². The second kappa shape index (κ2) is 11.7. The molecule has 3 N–H and O–H groups in total. The Morgan fingerprint density at radius 3 is 2.32 bits per heavy atom. The van der Waals surface area contributed by atoms with Gasteiger partial charge in [0.05, 0.1) is 33.4 Å². The standard InChI is InChI=1S/C23H30N4O3.HI/c1-15-6-7-18-16(13-26-20(18)10-15)8-9-25-23(24-2)27-14-19-21(29-4)11-17(28-3)12-22(19)30-5;/h6-7,10-13,26H,8-9,14H2,1-5H3,(H2,24,25,27);1H. The maximum absolute atomic E-state index is 5.51. The zero-order valence-electron chi connectivity index (χ0n) is 18.7. The average molecular weight is 538 g/mol. The largest absolute Gasteiger partial charge is 0.496 e. The first-order valence-electron chi connectivity index (χ1n) is 9.89. The first-order valence-corrected chi connectivity index (χ1v) is 9.89. The number of aliphatic imine (C=N–C) groups is 1. The first-order chi connectivity index (χ1) is 14.6. The average Bonchev–Trinajstić information content (AvgIpc) is 3.17. The lowest BCUT2D eigenvalue weighted by Crippen LogP contribution is -2.38. The van der Waals surface area contributed by atoms with Crippen molar-refractivity contribution in [1.82, 2.24) is 15.6 Å². The van der Waals surface area contributed by atoms with Gasteiger partial charge in [-0.3, -0.25) is 4.99 Å². The number of ether oxygens (including phenoxy) is 3. The highest BCUT2D eigenvalue weighted by molar-refractivity contribution is 14.0. The summed E-state index contributed by atoms with van der Waals surface area (Å²) in [5.74, 6) is 2.79. The Labute approximate surface area is 200 Å². The van der Waals surface area contributed by atoms with Crippen LogP contribution in [0, 0.1) is 6.92 Å². The number of nitrogens with one attached hydrogen (secondary N) is 3. The number of methoxy groups -OCH3 is 3. The quantitative estimate of drug-likeness (QED) is 0.229. The Morgan fingerprint density at radius 1 is 1.00 bits per heavy atom. The predicted molar refractivity (Wildman–Crippen MR) is 136 cm³/mol. The molecule has 0 amide bonds. The summed E-state index contributed by atoms with van der Waals surface area (Å²) in [6, 6.07) is 10.2. The number of benzene rings is 2. The van der Waals surface area contributed by atoms with Crippen molar-refractivity contribution in [2.24, 2.45) is 4.99 Å². The normalized spacial score (nSPS) is 11.1. The fourth-order valence-corrected chi connectivity index (χ4v) is 3.47. The predicted octanol–water partition coefficient (Wildman–Crippen LogP) is 4.03. The molecule has 3 aromatic rings. The molecule has 0 saturated heterocycles. The molecule has 0 aliphatic heterocycles. The van der Waals surface area contributed by atoms with E-state index in [0.717, 1.165) is 18.5 Å². The minimum absolute atomic E-state index is 0. The van der Waals surface area contributed by atoms with Crippen molar-refractivity contribution in [3.05, 3.63) is 53.2 Å². The topological polar surface area (TPSA) is 79.9 Å². The summed E-state index contributed by atoms with van der Waals surface area (Å²) < 4.78 is 16.3. The molecule has 0 unspecified atom stereocenters. The molecular formula is C23H31IN4O3. The van der Waals surface area contributed by atoms with Crippen LogP contribution in [0.2, 0.25) is 0 Å². The SMILES string of the molecule is CN=C(NCCc1c[nH]c2cc(C)ccc12)NCc1c(OC)cc(OC)cc1OC.I. The van der Waals surface area contributed by atoms with Crippen LogP contribution in [0.3, 0.4) is 0 Å². The smallest absolute Gasteiger partial charge is 0.191 e. The van der Waals surface area contributed by atoms with Gasteiger partial charge in [0, 0.05) is 42.8 Å². The lowest BCUT2D eigenvalue weighted by molar-refractivity contribution is 0.368. The highest BCUT2D eigenvalue weighted by Crippen LogP contribution is 2.33. The van der Waals surface area contributed by atoms with Crippen LogP contribution in [0.25, 0.3) is 10.9 Å². The van der Waals surface area contributed by atoms with Gasteiger partial charge in [-0.25, -0.2) is 0 Å². The molecule has 0 aliphatic rings. The zero-order valence-corrected chi connectivity index (χ0v) is 21.0. The number of aromatic amines is 1. The number of hydrogen-bond donors (Lipinski definition) is 3. The number of guanidine groups is 1. The maximum Gasteiger partial charge on any atom is 0.191 e. The Morgan fingerprint density at radius 2 is 1.71 bits per heavy atom. The van der Waals surface area contributed by atoms with Crippen LogP contribution in [0.1, 0.15) is 16.7 Å². The molecule has 8 heteroatoms. The molecule has 0 fully saturated rings. The Balaban J connectivity index is 0.00000341. The van der Waals surface area contributed by atoms with Gasteiger partial charge in [0.1, 0.15) is 17.2 Å². The van der Waals surface area contributed by atoms with Crippen molar-refractivity contribution in [1.29, 1.82) is 0 Å². The third-order valence-electron chi connectivity index (χ3n) is 5.08. The lowest BCUT2D eigenvalue weighted by Gasteiger charge is -2.17. The van der Waals surface area contributed by atoms with Gasteiger partial charge < -0.3 is 29.8 Å². The van der Waals surface area contributed by atoms with Crippen LogP contribution in [0.15, 0.2) is 41.5 Å². The molecule has 0 radical (unpaired) electrons. The highest BCUT2D eigenvalue weighted by atomic mass is 127. The van der Waals surface area contributed by atoms with E-state index in [1.165, 1.54) is 22.0 Å². The van der Waals surface area contributed by atoms with Crippen molar-refractivity contribution in [2.75, 3.05) is 34.9 Å². The lowest BCUT2D eigenvalue weighted by atomic mass is 10.1. The van der Waals surface area contributed by atoms with Crippen LogP contribution >= 0.6 is 24.0 Å². The number of halogens is 1. The number of hydrogen-bond acceptors (Lipinski definition) is 4. The Kier molecular flexibility index (Phi) is 9.29. The molecule has 1 heterocycles. The van der Waals surface area contributed by atoms with E-state index in [9.17, 15) is 0 Å². The van der Waals surface area contributed by atoms with Crippen LogP contribution in [-0.4, -0.2) is 45.9 Å². The summed E-state index contributed by atoms with van der Waals surface area (Å²) in [7, 11) is 6.64. The van der Waals surface area contributed by atoms with Gasteiger partial charge in [-0.15, -0.1) is 24.0 Å². The van der Waals surface area contributed by atoms with Crippen LogP contribution in [-0.2, 0) is 13.0 Å². The first kappa shape index (κ1) is 24.6. The molecule has 0 atom stereocenters. The Bertz CT molecular complexity index is 1010. The van der Waals surface area contributed by atoms with E-state index in [0.29, 0.717) is 29.8 Å². The molecule has 0 aliphatic carbocycles. The second-order valence-corrected chi connectivity index (χ2v) is 6.98. The van der Waals surface area contributed by atoms with Crippen molar-refractivity contribution in [2.45, 2.75) is 19.9 Å². The molecule has 168 valence electrons. The summed E-state index contributed by atoms with van der Waals surface area (Å²) in [6.07, 6.45) is 2.97. The number of rotatable bonds is 8. The van der Waals surface area contributed by atoms with Crippen molar-refractivity contribution in [3.63, 3.8) is 0 Å². The van der Waals surface area contributed by atoms with Crippen molar-refractivity contribution < 1.29 is 14.2 Å². The molecule has 31 heavy (non-hydrogen) atoms. The van der Waals surface area contributed by atoms with Crippen LogP contribution in [0.5, 0.6) is 17.2 Å². The molecule has 0 spiro atoms. The van der Waals surface area contributed by atoms with E-state index >= 15 is 0 Å². The molecule has 7 nitrogen and oxygen atoms in total. The second-order valence-electron chi connectivity index (χ2n) is 6.98. The van der Waals surface area contributed by atoms with E-state index in [2.05, 4.69) is 51.9 Å². The summed E-state index contributed by atoms with van der Waals surface area (Å²) in [4.78, 5) is 7.67. The molecule has 3 rings (SSSR count). The highest BCUT2D eigenvalue weighted by Gasteiger charge is 2.14. The molecule has 2 aromatic carbocycles. The van der Waals surface area contributed by atoms with Crippen LogP contribution in [0.4, 0.5) is 0 Å². The third-order valence-corrected chi connectivity index (χ3v) is 5.08. The van der Waals surface area contributed by atoms with Crippen molar-refractivity contribution >= 4 is 40.8 Å². The molecule has 0 bridgehead atoms. The minimum atomic E-state index is 0. The zero-order chi connectivity index (χ0) is 21.5. The van der Waals surface area contributed by atoms with Gasteiger partial charge in [-0.1, -0.05) is 12.1 Å². The summed E-state index contributed by atoms with van der Waals surface area (Å²) >= 11 is 0. The number of fused-ring (bicyclic) bond motifs is 1. The van der Waals surface area contributed by atoms with Gasteiger partial charge in [0.2, 0.25) is 0 Å². The van der Waals surface area contributed by atoms with Crippen molar-refractivity contribution in [3.8, 4) is 17.2 Å². The molecule has 0 saturated carbocycles. The third kappa shape index (κ3) is 5.96. The summed E-state index contributed by atoms with van der Waals surface area (Å²) in [5.41, 5.74) is 4.61. The van der Waals surface area contributed by atoms with E-state index in [4.69, 9.17) is 14.2 Å². The van der Waals surface area contributed by atoms with Gasteiger partial charge in [0.15, 0.2) is 5.96 Å². The fraction of sp³-hybridized carbons (Fsp3) is 0.348. The number of nitrogens with zero attached hydrogens (tertiary/aromatic N) is 1. The monoisotopic (exact) mass is 538 g/mol. The van der Waals surface area contributed by atoms with Gasteiger partial charge in [-0.2, -0.15) is 0 Å². The van der Waals surface area contributed by atoms with E-state index < -0.39 is 0 Å². The van der Waals surface area contributed by atoms with Gasteiger partial charge >= 0.3 is 0 Å². The Hall–Kier alpha value is -2.62. The minimum Gasteiger partial charge on any atom is -0.496 e. The number of H-pyrrole nitrogens is 1. The van der Waals surface area contributed by atoms with E-state index in [1.54, 1.807) is 28.4 Å². The number of aromatic nitrogens is 1.